The maximum Gasteiger partial charge on any atom is 0.0586 e. The van der Waals surface area contributed by atoms with Crippen LogP contribution in [0.25, 0.3) is 0 Å². The molecule has 0 aromatic heterocycles. The van der Waals surface area contributed by atoms with Gasteiger partial charge >= 0.3 is 0 Å². The Balaban J connectivity index is 1.76. The van der Waals surface area contributed by atoms with Crippen molar-refractivity contribution in [2.24, 2.45) is 0 Å². The molecule has 1 saturated heterocycles. The SMILES string of the molecule is COC1CCCC(N2CCN(CCO)CC2)C1. The lowest BCUT2D eigenvalue weighted by Gasteiger charge is -2.42. The quantitative estimate of drug-likeness (QED) is 0.781. The highest BCUT2D eigenvalue weighted by Crippen LogP contribution is 2.25. The summed E-state index contributed by atoms with van der Waals surface area (Å²) in [6.45, 7) is 5.64. The van der Waals surface area contributed by atoms with Crippen molar-refractivity contribution < 1.29 is 9.84 Å². The van der Waals surface area contributed by atoms with Gasteiger partial charge in [-0.05, 0) is 25.7 Å². The van der Waals surface area contributed by atoms with Crippen LogP contribution in [0.1, 0.15) is 25.7 Å². The number of β-amino-alcohol motifs (C(OH)–C–C–N with tert-alkyl or cyclic N) is 1. The Morgan fingerprint density at radius 3 is 2.59 bits per heavy atom. The van der Waals surface area contributed by atoms with Gasteiger partial charge in [0.15, 0.2) is 0 Å². The van der Waals surface area contributed by atoms with Crippen LogP contribution in [0, 0.1) is 0 Å². The molecule has 0 aromatic rings. The summed E-state index contributed by atoms with van der Waals surface area (Å²) in [5.74, 6) is 0. The Labute approximate surface area is 105 Å². The second-order valence-electron chi connectivity index (χ2n) is 5.28. The van der Waals surface area contributed by atoms with Crippen LogP contribution >= 0.6 is 0 Å². The van der Waals surface area contributed by atoms with E-state index in [-0.39, 0.29) is 6.61 Å². The molecule has 2 rings (SSSR count). The minimum Gasteiger partial charge on any atom is -0.395 e. The van der Waals surface area contributed by atoms with Gasteiger partial charge in [0.1, 0.15) is 0 Å². The van der Waals surface area contributed by atoms with Gasteiger partial charge in [-0.25, -0.2) is 0 Å². The summed E-state index contributed by atoms with van der Waals surface area (Å²) in [6, 6.07) is 0.727. The van der Waals surface area contributed by atoms with Crippen molar-refractivity contribution in [1.29, 1.82) is 0 Å². The molecule has 2 aliphatic rings. The lowest BCUT2D eigenvalue weighted by atomic mass is 9.91. The molecule has 0 aromatic carbocycles. The van der Waals surface area contributed by atoms with E-state index >= 15 is 0 Å². The molecule has 1 N–H and O–H groups in total. The molecule has 0 amide bonds. The van der Waals surface area contributed by atoms with Gasteiger partial charge in [0.2, 0.25) is 0 Å². The van der Waals surface area contributed by atoms with Gasteiger partial charge in [-0.3, -0.25) is 9.80 Å². The van der Waals surface area contributed by atoms with E-state index in [2.05, 4.69) is 9.80 Å². The summed E-state index contributed by atoms with van der Waals surface area (Å²) >= 11 is 0. The highest BCUT2D eigenvalue weighted by molar-refractivity contribution is 4.84. The highest BCUT2D eigenvalue weighted by Gasteiger charge is 2.28. The Kier molecular flexibility index (Phi) is 5.22. The van der Waals surface area contributed by atoms with Gasteiger partial charge in [-0.15, -0.1) is 0 Å². The van der Waals surface area contributed by atoms with Crippen molar-refractivity contribution >= 4 is 0 Å². The molecule has 0 bridgehead atoms. The van der Waals surface area contributed by atoms with Crippen LogP contribution in [0.4, 0.5) is 0 Å². The fourth-order valence-electron chi connectivity index (χ4n) is 3.16. The van der Waals surface area contributed by atoms with Gasteiger partial charge in [0.25, 0.3) is 0 Å². The molecule has 2 unspecified atom stereocenters. The maximum atomic E-state index is 8.93. The molecule has 0 spiro atoms. The number of nitrogens with zero attached hydrogens (tertiary/aromatic N) is 2. The number of methoxy groups -OCH3 is 1. The van der Waals surface area contributed by atoms with Gasteiger partial charge in [0, 0.05) is 45.9 Å². The topological polar surface area (TPSA) is 35.9 Å². The summed E-state index contributed by atoms with van der Waals surface area (Å²) in [5.41, 5.74) is 0. The summed E-state index contributed by atoms with van der Waals surface area (Å²) in [7, 11) is 1.84. The molecular weight excluding hydrogens is 216 g/mol. The number of hydrogen-bond donors (Lipinski definition) is 1. The summed E-state index contributed by atoms with van der Waals surface area (Å²) in [6.07, 6.45) is 5.55. The molecule has 17 heavy (non-hydrogen) atoms. The first kappa shape index (κ1) is 13.3. The fourth-order valence-corrected chi connectivity index (χ4v) is 3.16. The third-order valence-corrected chi connectivity index (χ3v) is 4.27. The Bertz CT molecular complexity index is 217. The van der Waals surface area contributed by atoms with Crippen LogP contribution in [0.3, 0.4) is 0 Å². The minimum atomic E-state index is 0.287. The fraction of sp³-hybridized carbons (Fsp3) is 1.00. The van der Waals surface area contributed by atoms with Crippen LogP contribution in [-0.2, 0) is 4.74 Å². The van der Waals surface area contributed by atoms with E-state index in [0.717, 1.165) is 38.8 Å². The zero-order valence-corrected chi connectivity index (χ0v) is 11.0. The standard InChI is InChI=1S/C13H26N2O2/c1-17-13-4-2-3-12(11-13)15-7-5-14(6-8-15)9-10-16/h12-13,16H,2-11H2,1H3. The summed E-state index contributed by atoms with van der Waals surface area (Å²) in [5, 5.41) is 8.93. The molecule has 4 nitrogen and oxygen atoms in total. The zero-order valence-electron chi connectivity index (χ0n) is 11.0. The second-order valence-corrected chi connectivity index (χ2v) is 5.28. The zero-order chi connectivity index (χ0) is 12.1. The van der Waals surface area contributed by atoms with Crippen LogP contribution < -0.4 is 0 Å². The monoisotopic (exact) mass is 242 g/mol. The molecule has 1 aliphatic heterocycles. The van der Waals surface area contributed by atoms with E-state index in [0.29, 0.717) is 6.10 Å². The van der Waals surface area contributed by atoms with Crippen LogP contribution in [0.2, 0.25) is 0 Å². The highest BCUT2D eigenvalue weighted by atomic mass is 16.5. The molecule has 1 saturated carbocycles. The van der Waals surface area contributed by atoms with E-state index in [1.165, 1.54) is 25.7 Å². The second kappa shape index (κ2) is 6.69. The first-order chi connectivity index (χ1) is 8.33. The van der Waals surface area contributed by atoms with E-state index in [4.69, 9.17) is 9.84 Å². The molecule has 2 fully saturated rings. The van der Waals surface area contributed by atoms with Gasteiger partial charge in [-0.2, -0.15) is 0 Å². The molecule has 1 aliphatic carbocycles. The van der Waals surface area contributed by atoms with Crippen molar-refractivity contribution in [3.8, 4) is 0 Å². The van der Waals surface area contributed by atoms with Crippen molar-refractivity contribution in [3.05, 3.63) is 0 Å². The average molecular weight is 242 g/mol. The van der Waals surface area contributed by atoms with Crippen LogP contribution in [0.15, 0.2) is 0 Å². The van der Waals surface area contributed by atoms with Crippen LogP contribution in [-0.4, -0.2) is 73.5 Å². The van der Waals surface area contributed by atoms with E-state index in [1.807, 2.05) is 7.11 Å². The van der Waals surface area contributed by atoms with Gasteiger partial charge < -0.3 is 9.84 Å². The van der Waals surface area contributed by atoms with Gasteiger partial charge in [-0.1, -0.05) is 0 Å². The molecule has 0 radical (unpaired) electrons. The molecule has 1 heterocycles. The lowest BCUT2D eigenvalue weighted by Crippen LogP contribution is -2.52. The van der Waals surface area contributed by atoms with Crippen LogP contribution in [0.5, 0.6) is 0 Å². The molecule has 4 heteroatoms. The smallest absolute Gasteiger partial charge is 0.0586 e. The number of rotatable bonds is 4. The predicted molar refractivity (Wildman–Crippen MR) is 68.2 cm³/mol. The van der Waals surface area contributed by atoms with Gasteiger partial charge in [0.05, 0.1) is 12.7 Å². The Morgan fingerprint density at radius 2 is 1.94 bits per heavy atom. The minimum absolute atomic E-state index is 0.287. The number of piperazine rings is 1. The normalized spacial score (nSPS) is 32.8. The number of aliphatic hydroxyl groups excluding tert-OH is 1. The van der Waals surface area contributed by atoms with E-state index in [1.54, 1.807) is 0 Å². The molecule has 100 valence electrons. The summed E-state index contributed by atoms with van der Waals surface area (Å²) < 4.78 is 5.50. The maximum absolute atomic E-state index is 8.93. The predicted octanol–water partition coefficient (Wildman–Crippen LogP) is 0.554. The molecule has 2 atom stereocenters. The number of aliphatic hydroxyl groups is 1. The van der Waals surface area contributed by atoms with E-state index in [9.17, 15) is 0 Å². The average Bonchev–Trinajstić information content (AvgIpc) is 2.40. The van der Waals surface area contributed by atoms with E-state index < -0.39 is 0 Å². The van der Waals surface area contributed by atoms with Crippen molar-refractivity contribution in [2.45, 2.75) is 37.8 Å². The number of hydrogen-bond acceptors (Lipinski definition) is 4. The number of ether oxygens (including phenoxy) is 1. The van der Waals surface area contributed by atoms with Crippen molar-refractivity contribution in [3.63, 3.8) is 0 Å². The third-order valence-electron chi connectivity index (χ3n) is 4.27. The lowest BCUT2D eigenvalue weighted by molar-refractivity contribution is 0.00999. The Morgan fingerprint density at radius 1 is 1.18 bits per heavy atom. The molecular formula is C13H26N2O2. The van der Waals surface area contributed by atoms with Crippen molar-refractivity contribution in [1.82, 2.24) is 9.80 Å². The first-order valence-corrected chi connectivity index (χ1v) is 6.93. The Hall–Kier alpha value is -0.160. The summed E-state index contributed by atoms with van der Waals surface area (Å²) in [4.78, 5) is 4.98. The van der Waals surface area contributed by atoms with Crippen molar-refractivity contribution in [2.75, 3.05) is 46.4 Å². The third kappa shape index (κ3) is 3.65. The largest absolute Gasteiger partial charge is 0.395 e. The first-order valence-electron chi connectivity index (χ1n) is 6.93.